The van der Waals surface area contributed by atoms with Crippen LogP contribution in [0.15, 0.2) is 18.2 Å². The summed E-state index contributed by atoms with van der Waals surface area (Å²) >= 11 is 6.30. The maximum atomic E-state index is 12.3. The zero-order valence-corrected chi connectivity index (χ0v) is 19.0. The minimum absolute atomic E-state index is 0.220. The van der Waals surface area contributed by atoms with E-state index >= 15 is 0 Å². The summed E-state index contributed by atoms with van der Waals surface area (Å²) in [6.07, 6.45) is 5.64. The Bertz CT molecular complexity index is 668. The van der Waals surface area contributed by atoms with Crippen LogP contribution >= 0.6 is 11.6 Å². The first-order chi connectivity index (χ1) is 14.0. The molecule has 0 aromatic heterocycles. The quantitative estimate of drug-likeness (QED) is 0.638. The SMILES string of the molecule is CCC(COc1cc(Cl)ccc1C1CCN(C(=O)CN(C)C)CC1)N1CCCC1. The van der Waals surface area contributed by atoms with Crippen LogP contribution in [0.5, 0.6) is 5.75 Å². The first-order valence-corrected chi connectivity index (χ1v) is 11.4. The van der Waals surface area contributed by atoms with Crippen molar-refractivity contribution >= 4 is 17.5 Å². The maximum Gasteiger partial charge on any atom is 0.236 e. The zero-order chi connectivity index (χ0) is 20.8. The lowest BCUT2D eigenvalue weighted by Gasteiger charge is -2.34. The van der Waals surface area contributed by atoms with Crippen LogP contribution in [0, 0.1) is 0 Å². The average molecular weight is 422 g/mol. The fourth-order valence-electron chi connectivity index (χ4n) is 4.56. The number of halogens is 1. The van der Waals surface area contributed by atoms with Crippen molar-refractivity contribution in [1.82, 2.24) is 14.7 Å². The van der Waals surface area contributed by atoms with E-state index in [9.17, 15) is 4.79 Å². The van der Waals surface area contributed by atoms with Gasteiger partial charge in [-0.3, -0.25) is 9.69 Å². The third-order valence-electron chi connectivity index (χ3n) is 6.27. The number of carbonyl (C=O) groups is 1. The zero-order valence-electron chi connectivity index (χ0n) is 18.2. The molecule has 29 heavy (non-hydrogen) atoms. The molecule has 0 N–H and O–H groups in total. The summed E-state index contributed by atoms with van der Waals surface area (Å²) in [6.45, 7) is 7.42. The Morgan fingerprint density at radius 3 is 2.52 bits per heavy atom. The van der Waals surface area contributed by atoms with E-state index in [1.807, 2.05) is 36.0 Å². The monoisotopic (exact) mass is 421 g/mol. The molecule has 0 spiro atoms. The molecule has 2 fully saturated rings. The van der Waals surface area contributed by atoms with Crippen molar-refractivity contribution in [2.45, 2.75) is 51.0 Å². The molecular formula is C23H36ClN3O2. The standard InChI is InChI=1S/C23H36ClN3O2/c1-4-20(26-11-5-6-12-26)17-29-22-15-19(24)7-8-21(22)18-9-13-27(14-10-18)23(28)16-25(2)3/h7-8,15,18,20H,4-6,9-14,16-17H2,1-3H3. The number of amides is 1. The van der Waals surface area contributed by atoms with Crippen LogP contribution in [0.2, 0.25) is 5.02 Å². The fraction of sp³-hybridized carbons (Fsp3) is 0.696. The van der Waals surface area contributed by atoms with E-state index in [0.29, 0.717) is 25.1 Å². The molecule has 2 aliphatic rings. The molecule has 2 heterocycles. The van der Waals surface area contributed by atoms with Gasteiger partial charge in [0.2, 0.25) is 5.91 Å². The molecule has 0 radical (unpaired) electrons. The van der Waals surface area contributed by atoms with Gasteiger partial charge in [0.15, 0.2) is 0 Å². The van der Waals surface area contributed by atoms with Crippen LogP contribution in [0.3, 0.4) is 0 Å². The second-order valence-electron chi connectivity index (χ2n) is 8.69. The Hall–Kier alpha value is -1.30. The maximum absolute atomic E-state index is 12.3. The van der Waals surface area contributed by atoms with Crippen molar-refractivity contribution < 1.29 is 9.53 Å². The molecule has 0 saturated carbocycles. The lowest BCUT2D eigenvalue weighted by atomic mass is 9.88. The van der Waals surface area contributed by atoms with E-state index in [2.05, 4.69) is 17.9 Å². The molecule has 1 amide bonds. The van der Waals surface area contributed by atoms with Gasteiger partial charge in [-0.25, -0.2) is 0 Å². The van der Waals surface area contributed by atoms with Crippen LogP contribution in [0.4, 0.5) is 0 Å². The molecule has 5 nitrogen and oxygen atoms in total. The lowest BCUT2D eigenvalue weighted by molar-refractivity contribution is -0.132. The average Bonchev–Trinajstić information content (AvgIpc) is 3.23. The number of likely N-dealkylation sites (N-methyl/N-ethyl adjacent to an activating group) is 1. The molecule has 1 aromatic carbocycles. The highest BCUT2D eigenvalue weighted by Crippen LogP contribution is 2.36. The van der Waals surface area contributed by atoms with Crippen LogP contribution in [0.25, 0.3) is 0 Å². The van der Waals surface area contributed by atoms with Gasteiger partial charge in [0.1, 0.15) is 12.4 Å². The number of benzene rings is 1. The lowest BCUT2D eigenvalue weighted by Crippen LogP contribution is -2.42. The normalized spacial score (nSPS) is 19.7. The van der Waals surface area contributed by atoms with Crippen LogP contribution in [0.1, 0.15) is 50.5 Å². The summed E-state index contributed by atoms with van der Waals surface area (Å²) in [6, 6.07) is 6.52. The molecule has 162 valence electrons. The molecular weight excluding hydrogens is 386 g/mol. The van der Waals surface area contributed by atoms with E-state index in [1.54, 1.807) is 0 Å². The minimum atomic E-state index is 0.220. The summed E-state index contributed by atoms with van der Waals surface area (Å²) in [5, 5.41) is 0.719. The van der Waals surface area contributed by atoms with Crippen molar-refractivity contribution in [3.05, 3.63) is 28.8 Å². The number of nitrogens with zero attached hydrogens (tertiary/aromatic N) is 3. The van der Waals surface area contributed by atoms with Crippen LogP contribution < -0.4 is 4.74 Å². The Morgan fingerprint density at radius 2 is 1.90 bits per heavy atom. The number of hydrogen-bond donors (Lipinski definition) is 0. The highest BCUT2D eigenvalue weighted by atomic mass is 35.5. The second-order valence-corrected chi connectivity index (χ2v) is 9.13. The first kappa shape index (κ1) is 22.4. The van der Waals surface area contributed by atoms with Gasteiger partial charge in [-0.15, -0.1) is 0 Å². The largest absolute Gasteiger partial charge is 0.492 e. The van der Waals surface area contributed by atoms with E-state index in [4.69, 9.17) is 16.3 Å². The third kappa shape index (κ3) is 6.09. The van der Waals surface area contributed by atoms with Crippen molar-refractivity contribution in [3.8, 4) is 5.75 Å². The molecule has 1 atom stereocenters. The Labute approximate surface area is 180 Å². The summed E-state index contributed by atoms with van der Waals surface area (Å²) < 4.78 is 6.35. The molecule has 1 unspecified atom stereocenters. The van der Waals surface area contributed by atoms with Crippen molar-refractivity contribution in [1.29, 1.82) is 0 Å². The summed E-state index contributed by atoms with van der Waals surface area (Å²) in [7, 11) is 3.88. The van der Waals surface area contributed by atoms with Gasteiger partial charge in [0.05, 0.1) is 6.54 Å². The van der Waals surface area contributed by atoms with Crippen LogP contribution in [-0.4, -0.2) is 80.1 Å². The summed E-state index contributed by atoms with van der Waals surface area (Å²) in [5.74, 6) is 1.56. The highest BCUT2D eigenvalue weighted by Gasteiger charge is 2.27. The third-order valence-corrected chi connectivity index (χ3v) is 6.51. The molecule has 3 rings (SSSR count). The van der Waals surface area contributed by atoms with Crippen LogP contribution in [-0.2, 0) is 4.79 Å². The number of rotatable bonds is 8. The van der Waals surface area contributed by atoms with Gasteiger partial charge < -0.3 is 14.5 Å². The number of hydrogen-bond acceptors (Lipinski definition) is 4. The topological polar surface area (TPSA) is 36.0 Å². The molecule has 0 aliphatic carbocycles. The minimum Gasteiger partial charge on any atom is -0.492 e. The van der Waals surface area contributed by atoms with Gasteiger partial charge in [-0.2, -0.15) is 0 Å². The van der Waals surface area contributed by atoms with E-state index in [-0.39, 0.29) is 5.91 Å². The van der Waals surface area contributed by atoms with E-state index in [0.717, 1.165) is 43.1 Å². The van der Waals surface area contributed by atoms with Gasteiger partial charge >= 0.3 is 0 Å². The number of likely N-dealkylation sites (tertiary alicyclic amines) is 2. The highest BCUT2D eigenvalue weighted by molar-refractivity contribution is 6.30. The molecule has 1 aromatic rings. The van der Waals surface area contributed by atoms with Crippen molar-refractivity contribution in [2.24, 2.45) is 0 Å². The van der Waals surface area contributed by atoms with E-state index < -0.39 is 0 Å². The Kier molecular flexibility index (Phi) is 8.22. The number of carbonyl (C=O) groups excluding carboxylic acids is 1. The smallest absolute Gasteiger partial charge is 0.236 e. The number of piperidine rings is 1. The van der Waals surface area contributed by atoms with Gasteiger partial charge in [0.25, 0.3) is 0 Å². The van der Waals surface area contributed by atoms with Gasteiger partial charge in [-0.1, -0.05) is 24.6 Å². The Morgan fingerprint density at radius 1 is 1.21 bits per heavy atom. The predicted octanol–water partition coefficient (Wildman–Crippen LogP) is 3.86. The molecule has 2 saturated heterocycles. The van der Waals surface area contributed by atoms with Gasteiger partial charge in [0, 0.05) is 24.2 Å². The molecule has 6 heteroatoms. The predicted molar refractivity (Wildman–Crippen MR) is 119 cm³/mol. The fourth-order valence-corrected chi connectivity index (χ4v) is 4.72. The number of ether oxygens (including phenoxy) is 1. The molecule has 0 bridgehead atoms. The van der Waals surface area contributed by atoms with E-state index in [1.165, 1.54) is 31.5 Å². The van der Waals surface area contributed by atoms with Crippen molar-refractivity contribution in [2.75, 3.05) is 53.4 Å². The summed E-state index contributed by atoms with van der Waals surface area (Å²) in [4.78, 5) is 18.8. The molecule has 2 aliphatic heterocycles. The van der Waals surface area contributed by atoms with Gasteiger partial charge in [-0.05, 0) is 82.9 Å². The Balaban J connectivity index is 1.62. The van der Waals surface area contributed by atoms with Crippen molar-refractivity contribution in [3.63, 3.8) is 0 Å². The first-order valence-electron chi connectivity index (χ1n) is 11.1. The second kappa shape index (κ2) is 10.6. The summed E-state index contributed by atoms with van der Waals surface area (Å²) in [5.41, 5.74) is 1.24.